The smallest absolute Gasteiger partial charge is 0.754 e. The van der Waals surface area contributed by atoms with Crippen LogP contribution in [0.5, 0.6) is 0 Å². The number of carbonyl (C=O) groups excluding carboxylic acids is 6. The summed E-state index contributed by atoms with van der Waals surface area (Å²) in [6.07, 6.45) is 0. The van der Waals surface area contributed by atoms with Crippen molar-refractivity contribution in [2.24, 2.45) is 0 Å². The van der Waals surface area contributed by atoms with E-state index in [0.717, 1.165) is 35.9 Å². The predicted molar refractivity (Wildman–Crippen MR) is 257 cm³/mol. The number of hydrogen-bond acceptors (Lipinski definition) is 15. The maximum absolute atomic E-state index is 13.6. The molecule has 0 bridgehead atoms. The van der Waals surface area contributed by atoms with Gasteiger partial charge in [0.25, 0.3) is 35.4 Å². The van der Waals surface area contributed by atoms with E-state index in [-0.39, 0.29) is 269 Å². The van der Waals surface area contributed by atoms with Crippen molar-refractivity contribution < 1.29 is 275 Å². The van der Waals surface area contributed by atoms with Crippen molar-refractivity contribution in [1.82, 2.24) is 0 Å². The van der Waals surface area contributed by atoms with E-state index in [9.17, 15) is 67.7 Å². The topological polar surface area (TPSA) is 346 Å². The van der Waals surface area contributed by atoms with Crippen molar-refractivity contribution in [2.75, 3.05) is 31.9 Å². The van der Waals surface area contributed by atoms with Crippen molar-refractivity contribution in [3.8, 4) is 0 Å². The molecular formula is C49H31N6Na7O15S3. The summed E-state index contributed by atoms with van der Waals surface area (Å²) >= 11 is 0. The van der Waals surface area contributed by atoms with Gasteiger partial charge >= 0.3 is 207 Å². The molecule has 6 amide bonds. The van der Waals surface area contributed by atoms with Gasteiger partial charge in [0, 0.05) is 44.8 Å². The number of rotatable bonds is 15. The second-order valence-corrected chi connectivity index (χ2v) is 19.4. The minimum absolute atomic E-state index is 0. The van der Waals surface area contributed by atoms with Crippen LogP contribution in [0.2, 0.25) is 0 Å². The maximum atomic E-state index is 13.6. The molecule has 0 saturated heterocycles. The van der Waals surface area contributed by atoms with Gasteiger partial charge in [-0.3, -0.25) is 49.3 Å². The van der Waals surface area contributed by atoms with Crippen molar-refractivity contribution in [2.45, 2.75) is 21.6 Å². The standard InChI is InChI=1S/C49H34N6O15S3.7Na/c1-28-11-17-36(18-12-28)51-47(59)32-22-34(49(61)55-41-20-19-39(71(62,63)64)27-43(41)73(68,69)70)26-38(24-32)53-45(57)30-15-13-29(14-16-30)44(56)52-37-23-31(46(58)50-35-7-3-2-4-8-35)21-33(25-37)48(60)54-40-9-5-6-10-42(40)72(65,66)67;;;;;;;/h3-5,7,9-17,19-27H,1H3,(H,50,58)(H,51,59)(H,52,56)(H,53,57)(H,54,60)(H,55,61)(H,62,63,64)(H,65,66,67)(H,68,69,70);;;;;;;/q-4;7*+1/p-3. The Morgan fingerprint density at radius 1 is 0.388 bits per heavy atom. The Bertz CT molecular complexity index is 3760. The summed E-state index contributed by atoms with van der Waals surface area (Å²) in [5.74, 6) is -5.34. The molecule has 31 heteroatoms. The van der Waals surface area contributed by atoms with Crippen LogP contribution in [0.1, 0.15) is 67.7 Å². The van der Waals surface area contributed by atoms with Gasteiger partial charge in [0.05, 0.1) is 25.6 Å². The van der Waals surface area contributed by atoms with E-state index in [1.807, 2.05) is 0 Å². The predicted octanol–water partition coefficient (Wildman–Crippen LogP) is -15.6. The fraction of sp³-hybridized carbons (Fsp3) is 0.0204. The summed E-state index contributed by atoms with van der Waals surface area (Å²) in [5, 5.41) is 14.7. The zero-order valence-electron chi connectivity index (χ0n) is 44.1. The number of nitrogens with one attached hydrogen (secondary N) is 6. The Morgan fingerprint density at radius 3 is 1.20 bits per heavy atom. The van der Waals surface area contributed by atoms with Crippen LogP contribution in [-0.4, -0.2) is 74.4 Å². The van der Waals surface area contributed by atoms with Gasteiger partial charge < -0.3 is 63.8 Å². The van der Waals surface area contributed by atoms with Crippen molar-refractivity contribution in [1.29, 1.82) is 0 Å². The molecule has 0 aliphatic rings. The molecular weight excluding hydrogens is 1170 g/mol. The molecule has 0 aromatic heterocycles. The van der Waals surface area contributed by atoms with E-state index >= 15 is 0 Å². The first-order valence-corrected chi connectivity index (χ1v) is 24.8. The molecule has 0 radical (unpaired) electrons. The molecule has 6 N–H and O–H groups in total. The quantitative estimate of drug-likeness (QED) is 0.0316. The molecule has 0 saturated carbocycles. The summed E-state index contributed by atoms with van der Waals surface area (Å²) in [6.45, 7) is 1.78. The van der Waals surface area contributed by atoms with Gasteiger partial charge in [-0.2, -0.15) is 47.6 Å². The normalized spacial score (nSPS) is 10.4. The van der Waals surface area contributed by atoms with E-state index in [1.165, 1.54) is 66.7 Å². The van der Waals surface area contributed by atoms with Crippen LogP contribution >= 0.6 is 0 Å². The first-order chi connectivity index (χ1) is 34.4. The van der Waals surface area contributed by atoms with Gasteiger partial charge in [-0.05, 0) is 83.8 Å². The molecule has 7 aromatic carbocycles. The molecule has 7 aromatic rings. The molecule has 80 heavy (non-hydrogen) atoms. The molecule has 372 valence electrons. The van der Waals surface area contributed by atoms with Crippen LogP contribution in [0.15, 0.2) is 148 Å². The second kappa shape index (κ2) is 34.3. The molecule has 0 spiro atoms. The van der Waals surface area contributed by atoms with Crippen LogP contribution in [0.3, 0.4) is 0 Å². The van der Waals surface area contributed by atoms with E-state index in [1.54, 1.807) is 25.1 Å². The number of carbonyl (C=O) groups is 6. The van der Waals surface area contributed by atoms with Crippen LogP contribution in [0.25, 0.3) is 0 Å². The molecule has 21 nitrogen and oxygen atoms in total. The van der Waals surface area contributed by atoms with Gasteiger partial charge in [-0.25, -0.2) is 16.8 Å². The Hall–Kier alpha value is -1.91. The molecule has 0 aliphatic heterocycles. The summed E-state index contributed by atoms with van der Waals surface area (Å²) in [4.78, 5) is 78.2. The number of aryl methyl sites for hydroxylation is 1. The van der Waals surface area contributed by atoms with E-state index in [2.05, 4.69) is 56.2 Å². The van der Waals surface area contributed by atoms with E-state index in [0.29, 0.717) is 12.1 Å². The first kappa shape index (κ1) is 78.1. The van der Waals surface area contributed by atoms with Crippen molar-refractivity contribution in [3.63, 3.8) is 0 Å². The summed E-state index contributed by atoms with van der Waals surface area (Å²) < 4.78 is 106. The van der Waals surface area contributed by atoms with Gasteiger partial charge in [0.1, 0.15) is 20.2 Å². The third kappa shape index (κ3) is 21.9. The van der Waals surface area contributed by atoms with Gasteiger partial charge in [0.15, 0.2) is 0 Å². The van der Waals surface area contributed by atoms with Gasteiger partial charge in [-0.15, -0.1) is 12.1 Å². The fourth-order valence-electron chi connectivity index (χ4n) is 6.58. The van der Waals surface area contributed by atoms with Crippen LogP contribution in [-0.2, 0) is 30.4 Å². The average molecular weight is 1200 g/mol. The Morgan fingerprint density at radius 2 is 0.800 bits per heavy atom. The number of benzene rings is 7. The summed E-state index contributed by atoms with van der Waals surface area (Å²) in [7, 11) is -15.8. The first-order valence-electron chi connectivity index (χ1n) is 20.6. The Kier molecular flexibility index (Phi) is 33.5. The van der Waals surface area contributed by atoms with Crippen molar-refractivity contribution >= 4 is 99.9 Å². The number of amides is 6. The molecule has 0 aliphatic carbocycles. The minimum Gasteiger partial charge on any atom is -0.754 e. The molecule has 7 rings (SSSR count). The van der Waals surface area contributed by atoms with Crippen LogP contribution < -0.4 is 239 Å². The van der Waals surface area contributed by atoms with Gasteiger partial charge in [0.2, 0.25) is 0 Å². The third-order valence-corrected chi connectivity index (χ3v) is 12.6. The maximum Gasteiger partial charge on any atom is 1.00 e. The molecule has 0 atom stereocenters. The Balaban J connectivity index is 0.00000892. The molecule has 0 heterocycles. The summed E-state index contributed by atoms with van der Waals surface area (Å²) in [6, 6.07) is 36.7. The minimum atomic E-state index is -5.49. The van der Waals surface area contributed by atoms with Crippen LogP contribution in [0.4, 0.5) is 34.1 Å². The average Bonchev–Trinajstić information content (AvgIpc) is 3.34. The molecule has 0 fully saturated rings. The third-order valence-electron chi connectivity index (χ3n) is 10.1. The largest absolute Gasteiger partial charge is 1.00 e. The van der Waals surface area contributed by atoms with E-state index < -0.39 is 91.7 Å². The zero-order valence-corrected chi connectivity index (χ0v) is 60.5. The van der Waals surface area contributed by atoms with Crippen LogP contribution in [0, 0.1) is 31.2 Å². The fourth-order valence-corrected chi connectivity index (χ4v) is 8.41. The van der Waals surface area contributed by atoms with Crippen molar-refractivity contribution in [3.05, 3.63) is 197 Å². The number of hydrogen-bond donors (Lipinski definition) is 6. The molecule has 0 unspecified atom stereocenters. The number of anilines is 6. The van der Waals surface area contributed by atoms with Gasteiger partial charge in [-0.1, -0.05) is 18.3 Å². The Labute approximate surface area is 614 Å². The second-order valence-electron chi connectivity index (χ2n) is 15.3. The summed E-state index contributed by atoms with van der Waals surface area (Å²) in [5.41, 5.74) is -1.25. The SMILES string of the molecule is Cc1c[c-]c(NC(=O)c2cc(NC(=O)c3ccc(C(=O)Nc4cc(C(=O)Nc5[c-]c[c-]cc5)cc(C(=O)Nc5cc[c-]cc5S(=O)(=O)[O-])c4)cc3)cc(C(=O)Nc3ccc(S(=O)(=O)[O-])cc3S(=O)(=O)[O-])c2)cc1.[Na+].[Na+].[Na+].[Na+].[Na+].[Na+].[Na+]. The van der Waals surface area contributed by atoms with E-state index in [4.69, 9.17) is 0 Å². The zero-order chi connectivity index (χ0) is 52.8. The monoisotopic (exact) mass is 1200 g/mol.